The van der Waals surface area contributed by atoms with Crippen molar-refractivity contribution in [1.82, 2.24) is 0 Å². The van der Waals surface area contributed by atoms with Crippen LogP contribution >= 0.6 is 31.9 Å². The van der Waals surface area contributed by atoms with Gasteiger partial charge in [-0.1, -0.05) is 42.6 Å². The van der Waals surface area contributed by atoms with E-state index in [0.717, 1.165) is 31.0 Å². The zero-order chi connectivity index (χ0) is 14.3. The van der Waals surface area contributed by atoms with E-state index >= 15 is 0 Å². The lowest BCUT2D eigenvalue weighted by molar-refractivity contribution is 0.143. The van der Waals surface area contributed by atoms with Gasteiger partial charge < -0.3 is 4.74 Å². The third kappa shape index (κ3) is 5.07. The van der Waals surface area contributed by atoms with Gasteiger partial charge in [-0.3, -0.25) is 0 Å². The van der Waals surface area contributed by atoms with E-state index in [4.69, 9.17) is 4.74 Å². The summed E-state index contributed by atoms with van der Waals surface area (Å²) >= 11 is 6.97. The summed E-state index contributed by atoms with van der Waals surface area (Å²) in [5.74, 6) is 0.451. The molecule has 0 bridgehead atoms. The first kappa shape index (κ1) is 17.0. The van der Waals surface area contributed by atoms with Crippen LogP contribution < -0.4 is 4.74 Å². The molecule has 0 N–H and O–H groups in total. The van der Waals surface area contributed by atoms with E-state index in [1.54, 1.807) is 6.07 Å². The minimum atomic E-state index is -0.256. The molecule has 1 nitrogen and oxygen atoms in total. The Balaban J connectivity index is 2.74. The Morgan fingerprint density at radius 1 is 1.21 bits per heavy atom. The van der Waals surface area contributed by atoms with Crippen LogP contribution in [0.25, 0.3) is 0 Å². The summed E-state index contributed by atoms with van der Waals surface area (Å²) in [6.45, 7) is 5.05. The third-order valence-electron chi connectivity index (χ3n) is 3.27. The van der Waals surface area contributed by atoms with Crippen LogP contribution in [0.5, 0.6) is 5.75 Å². The van der Waals surface area contributed by atoms with E-state index in [0.29, 0.717) is 16.8 Å². The van der Waals surface area contributed by atoms with E-state index in [9.17, 15) is 4.39 Å². The van der Waals surface area contributed by atoms with Gasteiger partial charge in [0.1, 0.15) is 11.6 Å². The summed E-state index contributed by atoms with van der Waals surface area (Å²) in [5.41, 5.74) is 0.164. The molecule has 19 heavy (non-hydrogen) atoms. The number of hydrogen-bond donors (Lipinski definition) is 0. The highest BCUT2D eigenvalue weighted by Crippen LogP contribution is 2.34. The first-order chi connectivity index (χ1) is 9.06. The minimum Gasteiger partial charge on any atom is -0.492 e. The molecular formula is C15H21Br2FO. The first-order valence-electron chi connectivity index (χ1n) is 6.70. The van der Waals surface area contributed by atoms with Crippen molar-refractivity contribution in [3.63, 3.8) is 0 Å². The molecule has 0 heterocycles. The van der Waals surface area contributed by atoms with Crippen molar-refractivity contribution in [1.29, 1.82) is 0 Å². The maximum absolute atomic E-state index is 13.0. The number of halogens is 3. The molecule has 0 fully saturated rings. The quantitative estimate of drug-likeness (QED) is 0.494. The van der Waals surface area contributed by atoms with Crippen LogP contribution in [0.4, 0.5) is 4.39 Å². The molecule has 4 heteroatoms. The SMILES string of the molecule is CCCC(CBr)(CCC)COc1ccc(F)cc1Br. The van der Waals surface area contributed by atoms with Gasteiger partial charge in [-0.25, -0.2) is 4.39 Å². The first-order valence-corrected chi connectivity index (χ1v) is 8.62. The van der Waals surface area contributed by atoms with Gasteiger partial charge in [0.25, 0.3) is 0 Å². The second-order valence-electron chi connectivity index (χ2n) is 5.00. The highest BCUT2D eigenvalue weighted by Gasteiger charge is 2.28. The fourth-order valence-electron chi connectivity index (χ4n) is 2.33. The number of benzene rings is 1. The maximum Gasteiger partial charge on any atom is 0.133 e. The lowest BCUT2D eigenvalue weighted by atomic mass is 9.82. The molecular weight excluding hydrogens is 375 g/mol. The van der Waals surface area contributed by atoms with Crippen molar-refractivity contribution >= 4 is 31.9 Å². The van der Waals surface area contributed by atoms with Gasteiger partial charge >= 0.3 is 0 Å². The van der Waals surface area contributed by atoms with E-state index in [1.165, 1.54) is 12.1 Å². The van der Waals surface area contributed by atoms with Gasteiger partial charge in [-0.05, 0) is 47.0 Å². The molecule has 0 aliphatic rings. The molecule has 1 aromatic carbocycles. The van der Waals surface area contributed by atoms with Crippen LogP contribution in [-0.2, 0) is 0 Å². The second kappa shape index (κ2) is 8.25. The van der Waals surface area contributed by atoms with Crippen LogP contribution in [0.2, 0.25) is 0 Å². The van der Waals surface area contributed by atoms with Crippen molar-refractivity contribution in [2.75, 3.05) is 11.9 Å². The second-order valence-corrected chi connectivity index (χ2v) is 6.41. The van der Waals surface area contributed by atoms with Gasteiger partial charge in [0.15, 0.2) is 0 Å². The van der Waals surface area contributed by atoms with Gasteiger partial charge in [-0.15, -0.1) is 0 Å². The van der Waals surface area contributed by atoms with Gasteiger partial charge in [0, 0.05) is 10.7 Å². The lowest BCUT2D eigenvalue weighted by Gasteiger charge is -2.31. The Labute approximate surface area is 132 Å². The molecule has 0 aromatic heterocycles. The fraction of sp³-hybridized carbons (Fsp3) is 0.600. The average molecular weight is 396 g/mol. The summed E-state index contributed by atoms with van der Waals surface area (Å²) in [5, 5.41) is 0.931. The highest BCUT2D eigenvalue weighted by atomic mass is 79.9. The van der Waals surface area contributed by atoms with E-state index in [-0.39, 0.29) is 11.2 Å². The van der Waals surface area contributed by atoms with Crippen LogP contribution in [0.15, 0.2) is 22.7 Å². The zero-order valence-electron chi connectivity index (χ0n) is 11.5. The Morgan fingerprint density at radius 2 is 1.84 bits per heavy atom. The molecule has 0 amide bonds. The van der Waals surface area contributed by atoms with E-state index in [1.807, 2.05) is 0 Å². The average Bonchev–Trinajstić information content (AvgIpc) is 2.38. The molecule has 0 unspecified atom stereocenters. The third-order valence-corrected chi connectivity index (χ3v) is 5.08. The van der Waals surface area contributed by atoms with E-state index in [2.05, 4.69) is 45.7 Å². The molecule has 1 aromatic rings. The standard InChI is InChI=1S/C15H21Br2FO/c1-3-7-15(10-16,8-4-2)11-19-14-6-5-12(18)9-13(14)17/h5-6,9H,3-4,7-8,10-11H2,1-2H3. The van der Waals surface area contributed by atoms with E-state index < -0.39 is 0 Å². The Bertz CT molecular complexity index is 390. The molecule has 0 saturated carbocycles. The maximum atomic E-state index is 13.0. The van der Waals surface area contributed by atoms with Crippen LogP contribution in [0, 0.1) is 11.2 Å². The molecule has 0 aliphatic carbocycles. The number of rotatable bonds is 8. The summed E-state index contributed by atoms with van der Waals surface area (Å²) in [4.78, 5) is 0. The molecule has 0 aliphatic heterocycles. The topological polar surface area (TPSA) is 9.23 Å². The monoisotopic (exact) mass is 394 g/mol. The van der Waals surface area contributed by atoms with Gasteiger partial charge in [0.2, 0.25) is 0 Å². The smallest absolute Gasteiger partial charge is 0.133 e. The van der Waals surface area contributed by atoms with Crippen LogP contribution in [0.1, 0.15) is 39.5 Å². The van der Waals surface area contributed by atoms with Crippen LogP contribution in [0.3, 0.4) is 0 Å². The summed E-state index contributed by atoms with van der Waals surface area (Å²) in [6.07, 6.45) is 4.54. The molecule has 0 spiro atoms. The molecule has 1 rings (SSSR count). The largest absolute Gasteiger partial charge is 0.492 e. The van der Waals surface area contributed by atoms with Gasteiger partial charge in [-0.2, -0.15) is 0 Å². The molecule has 0 atom stereocenters. The molecule has 0 saturated heterocycles. The van der Waals surface area contributed by atoms with Crippen molar-refractivity contribution in [2.45, 2.75) is 39.5 Å². The predicted octanol–water partition coefficient (Wildman–Crippen LogP) is 5.95. The lowest BCUT2D eigenvalue weighted by Crippen LogP contribution is -2.30. The zero-order valence-corrected chi connectivity index (χ0v) is 14.7. The van der Waals surface area contributed by atoms with Crippen LogP contribution in [-0.4, -0.2) is 11.9 Å². The Kier molecular flexibility index (Phi) is 7.37. The molecule has 0 radical (unpaired) electrons. The van der Waals surface area contributed by atoms with Crippen molar-refractivity contribution in [3.05, 3.63) is 28.5 Å². The summed E-state index contributed by atoms with van der Waals surface area (Å²) in [6, 6.07) is 4.54. The van der Waals surface area contributed by atoms with Crippen molar-refractivity contribution in [2.24, 2.45) is 5.41 Å². The Morgan fingerprint density at radius 3 is 2.32 bits per heavy atom. The summed E-state index contributed by atoms with van der Waals surface area (Å²) in [7, 11) is 0. The number of alkyl halides is 1. The normalized spacial score (nSPS) is 11.6. The fourth-order valence-corrected chi connectivity index (χ4v) is 3.51. The van der Waals surface area contributed by atoms with Crippen molar-refractivity contribution in [3.8, 4) is 5.75 Å². The number of ether oxygens (including phenoxy) is 1. The van der Waals surface area contributed by atoms with Crippen molar-refractivity contribution < 1.29 is 9.13 Å². The predicted molar refractivity (Wildman–Crippen MR) is 85.6 cm³/mol. The highest BCUT2D eigenvalue weighted by molar-refractivity contribution is 9.10. The Hall–Kier alpha value is -0.0900. The summed E-state index contributed by atoms with van der Waals surface area (Å²) < 4.78 is 19.6. The van der Waals surface area contributed by atoms with Gasteiger partial charge in [0.05, 0.1) is 11.1 Å². The minimum absolute atomic E-state index is 0.164. The number of hydrogen-bond acceptors (Lipinski definition) is 1. The molecule has 108 valence electrons.